The molecule has 1 atom stereocenters. The molecule has 0 bridgehead atoms. The van der Waals surface area contributed by atoms with Gasteiger partial charge in [0.2, 0.25) is 10.0 Å². The Morgan fingerprint density at radius 2 is 1.76 bits per heavy atom. The molecule has 0 radical (unpaired) electrons. The highest BCUT2D eigenvalue weighted by Gasteiger charge is 2.29. The monoisotopic (exact) mass is 539 g/mol. The first-order valence-corrected chi connectivity index (χ1v) is 13.7. The summed E-state index contributed by atoms with van der Waals surface area (Å²) in [5.41, 5.74) is 1.77. The maximum Gasteiger partial charge on any atom is 0.336 e. The van der Waals surface area contributed by atoms with Crippen molar-refractivity contribution in [2.24, 2.45) is 0 Å². The number of unbranched alkanes of at least 4 members (excludes halogenated alkanes) is 1. The summed E-state index contributed by atoms with van der Waals surface area (Å²) in [7, 11) is -4.07. The molecule has 0 saturated carbocycles. The Bertz CT molecular complexity index is 1580. The minimum atomic E-state index is -4.07. The van der Waals surface area contributed by atoms with Crippen LogP contribution in [0.1, 0.15) is 42.5 Å². The zero-order chi connectivity index (χ0) is 26.6. The van der Waals surface area contributed by atoms with Crippen molar-refractivity contribution >= 4 is 38.6 Å². The highest BCUT2D eigenvalue weighted by atomic mass is 35.5. The van der Waals surface area contributed by atoms with E-state index >= 15 is 0 Å². The number of nitrogens with one attached hydrogen (secondary N) is 1. The number of halogens is 1. The van der Waals surface area contributed by atoms with Gasteiger partial charge >= 0.3 is 11.6 Å². The number of rotatable bonds is 9. The summed E-state index contributed by atoms with van der Waals surface area (Å²) in [4.78, 5) is 25.5. The van der Waals surface area contributed by atoms with Gasteiger partial charge < -0.3 is 9.15 Å². The first-order valence-electron chi connectivity index (χ1n) is 11.8. The van der Waals surface area contributed by atoms with Crippen molar-refractivity contribution in [1.82, 2.24) is 4.72 Å². The molecule has 3 aromatic carbocycles. The summed E-state index contributed by atoms with van der Waals surface area (Å²) in [6, 6.07) is 17.7. The molecule has 0 spiro atoms. The summed E-state index contributed by atoms with van der Waals surface area (Å²) in [5, 5.41) is 0.776. The number of benzene rings is 3. The minimum Gasteiger partial charge on any atom is -0.423 e. The second-order valence-corrected chi connectivity index (χ2v) is 10.8. The Hall–Kier alpha value is -3.46. The van der Waals surface area contributed by atoms with E-state index < -0.39 is 27.7 Å². The third-order valence-electron chi connectivity index (χ3n) is 5.87. The Balaban J connectivity index is 1.69. The molecule has 4 aromatic rings. The van der Waals surface area contributed by atoms with Crippen molar-refractivity contribution in [1.29, 1.82) is 0 Å². The van der Waals surface area contributed by atoms with Gasteiger partial charge in [-0.1, -0.05) is 73.0 Å². The fourth-order valence-electron chi connectivity index (χ4n) is 3.89. The van der Waals surface area contributed by atoms with Crippen molar-refractivity contribution in [2.45, 2.75) is 44.0 Å². The summed E-state index contributed by atoms with van der Waals surface area (Å²) in [6.45, 7) is 3.89. The SMILES string of the molecule is CCCCc1cc(=O)oc2cc(OC(=O)[C@@H](NS(=O)(=O)c3ccc(C)cc3)c3ccccc3)c(Cl)cc12. The molecule has 37 heavy (non-hydrogen) atoms. The van der Waals surface area contributed by atoms with Crippen LogP contribution in [0.4, 0.5) is 0 Å². The number of hydrogen-bond acceptors (Lipinski definition) is 6. The molecule has 9 heteroatoms. The van der Waals surface area contributed by atoms with Gasteiger partial charge in [0.25, 0.3) is 0 Å². The molecule has 1 aromatic heterocycles. The zero-order valence-corrected chi connectivity index (χ0v) is 21.9. The lowest BCUT2D eigenvalue weighted by molar-refractivity contribution is -0.136. The third kappa shape index (κ3) is 6.28. The van der Waals surface area contributed by atoms with Crippen LogP contribution in [0.3, 0.4) is 0 Å². The molecular formula is C28H26ClNO6S. The molecule has 0 saturated heterocycles. The van der Waals surface area contributed by atoms with Gasteiger partial charge in [-0.15, -0.1) is 0 Å². The van der Waals surface area contributed by atoms with Crippen LogP contribution in [0.15, 0.2) is 86.9 Å². The highest BCUT2D eigenvalue weighted by molar-refractivity contribution is 7.89. The average Bonchev–Trinajstić information content (AvgIpc) is 2.87. The van der Waals surface area contributed by atoms with Crippen LogP contribution in [-0.2, 0) is 21.2 Å². The van der Waals surface area contributed by atoms with Gasteiger partial charge in [-0.2, -0.15) is 4.72 Å². The number of ether oxygens (including phenoxy) is 1. The molecule has 0 amide bonds. The predicted octanol–water partition coefficient (Wildman–Crippen LogP) is 5.72. The molecule has 0 aliphatic rings. The van der Waals surface area contributed by atoms with Crippen molar-refractivity contribution in [2.75, 3.05) is 0 Å². The van der Waals surface area contributed by atoms with Gasteiger partial charge in [0.15, 0.2) is 5.75 Å². The Morgan fingerprint density at radius 3 is 2.43 bits per heavy atom. The quantitative estimate of drug-likeness (QED) is 0.166. The Morgan fingerprint density at radius 1 is 1.05 bits per heavy atom. The van der Waals surface area contributed by atoms with Crippen LogP contribution < -0.4 is 15.1 Å². The number of aryl methyl sites for hydroxylation is 2. The van der Waals surface area contributed by atoms with E-state index in [0.29, 0.717) is 17.4 Å². The summed E-state index contributed by atoms with van der Waals surface area (Å²) in [5.74, 6) is -0.946. The van der Waals surface area contributed by atoms with Gasteiger partial charge in [0.05, 0.1) is 9.92 Å². The average molecular weight is 540 g/mol. The first kappa shape index (κ1) is 26.6. The zero-order valence-electron chi connectivity index (χ0n) is 20.4. The van der Waals surface area contributed by atoms with E-state index in [1.165, 1.54) is 24.3 Å². The molecular weight excluding hydrogens is 514 g/mol. The second-order valence-electron chi connectivity index (χ2n) is 8.67. The van der Waals surface area contributed by atoms with Crippen molar-refractivity contribution in [3.05, 3.63) is 105 Å². The molecule has 7 nitrogen and oxygen atoms in total. The van der Waals surface area contributed by atoms with Gasteiger partial charge in [0.1, 0.15) is 11.6 Å². The van der Waals surface area contributed by atoms with Crippen LogP contribution in [0.25, 0.3) is 11.0 Å². The number of carbonyl (C=O) groups excluding carboxylic acids is 1. The molecule has 4 rings (SSSR count). The molecule has 0 fully saturated rings. The number of carbonyl (C=O) groups is 1. The Labute approximate surface area is 220 Å². The van der Waals surface area contributed by atoms with E-state index in [0.717, 1.165) is 24.0 Å². The van der Waals surface area contributed by atoms with Crippen LogP contribution in [0.2, 0.25) is 5.02 Å². The maximum atomic E-state index is 13.3. The summed E-state index contributed by atoms with van der Waals surface area (Å²) in [6.07, 6.45) is 2.50. The van der Waals surface area contributed by atoms with Crippen LogP contribution in [0, 0.1) is 6.92 Å². The summed E-state index contributed by atoms with van der Waals surface area (Å²) < 4.78 is 39.5. The second kappa shape index (κ2) is 11.3. The lowest BCUT2D eigenvalue weighted by Crippen LogP contribution is -2.36. The normalized spacial score (nSPS) is 12.4. The molecule has 0 aliphatic carbocycles. The number of esters is 1. The standard InChI is InChI=1S/C28H26ClNO6S/c1-3-4-8-20-15-26(31)35-24-17-25(23(29)16-22(20)24)36-28(32)27(19-9-6-5-7-10-19)30-37(33,34)21-13-11-18(2)12-14-21/h5-7,9-17,27,30H,3-4,8H2,1-2H3/t27-/m0/s1. The van der Waals surface area contributed by atoms with E-state index in [1.807, 2.05) is 13.8 Å². The summed E-state index contributed by atoms with van der Waals surface area (Å²) >= 11 is 6.45. The van der Waals surface area contributed by atoms with Gasteiger partial charge in [-0.3, -0.25) is 0 Å². The van der Waals surface area contributed by atoms with Crippen molar-refractivity contribution < 1.29 is 22.4 Å². The number of hydrogen-bond donors (Lipinski definition) is 1. The smallest absolute Gasteiger partial charge is 0.336 e. The first-order chi connectivity index (χ1) is 17.7. The minimum absolute atomic E-state index is 0.0111. The van der Waals surface area contributed by atoms with Gasteiger partial charge in [0, 0.05) is 17.5 Å². The number of fused-ring (bicyclic) bond motifs is 1. The fraction of sp³-hybridized carbons (Fsp3) is 0.214. The van der Waals surface area contributed by atoms with E-state index in [2.05, 4.69) is 4.72 Å². The fourth-order valence-corrected chi connectivity index (χ4v) is 5.26. The largest absolute Gasteiger partial charge is 0.423 e. The van der Waals surface area contributed by atoms with E-state index in [1.54, 1.807) is 48.5 Å². The van der Waals surface area contributed by atoms with Crippen LogP contribution >= 0.6 is 11.6 Å². The van der Waals surface area contributed by atoms with Crippen molar-refractivity contribution in [3.8, 4) is 5.75 Å². The van der Waals surface area contributed by atoms with E-state index in [9.17, 15) is 18.0 Å². The highest BCUT2D eigenvalue weighted by Crippen LogP contribution is 2.33. The lowest BCUT2D eigenvalue weighted by atomic mass is 10.0. The van der Waals surface area contributed by atoms with Crippen LogP contribution in [0.5, 0.6) is 5.75 Å². The maximum absolute atomic E-state index is 13.3. The molecule has 192 valence electrons. The third-order valence-corrected chi connectivity index (χ3v) is 7.60. The lowest BCUT2D eigenvalue weighted by Gasteiger charge is -2.19. The van der Waals surface area contributed by atoms with Gasteiger partial charge in [-0.25, -0.2) is 18.0 Å². The van der Waals surface area contributed by atoms with E-state index in [4.69, 9.17) is 20.8 Å². The van der Waals surface area contributed by atoms with E-state index in [-0.39, 0.29) is 21.3 Å². The molecule has 0 aliphatic heterocycles. The number of sulfonamides is 1. The van der Waals surface area contributed by atoms with Crippen LogP contribution in [-0.4, -0.2) is 14.4 Å². The predicted molar refractivity (Wildman–Crippen MR) is 142 cm³/mol. The molecule has 1 N–H and O–H groups in total. The Kier molecular flexibility index (Phi) is 8.12. The topological polar surface area (TPSA) is 103 Å². The van der Waals surface area contributed by atoms with Crippen molar-refractivity contribution in [3.63, 3.8) is 0 Å². The van der Waals surface area contributed by atoms with Gasteiger partial charge in [-0.05, 0) is 49.1 Å². The molecule has 1 heterocycles. The molecule has 0 unspecified atom stereocenters.